The molecule has 0 bridgehead atoms. The highest BCUT2D eigenvalue weighted by atomic mass is 32.2. The van der Waals surface area contributed by atoms with E-state index in [-0.39, 0.29) is 17.2 Å². The Kier molecular flexibility index (Phi) is 7.99. The number of amides is 1. The molecule has 0 saturated heterocycles. The molecule has 4 aromatic rings. The number of nitrogens with zero attached hydrogens (tertiary/aromatic N) is 2. The molecule has 0 spiro atoms. The molecular formula is C27H27N3O3S. The van der Waals surface area contributed by atoms with E-state index in [9.17, 15) is 9.59 Å². The van der Waals surface area contributed by atoms with Gasteiger partial charge in [-0.3, -0.25) is 14.2 Å². The third-order valence-electron chi connectivity index (χ3n) is 5.47. The minimum absolute atomic E-state index is 0.0713. The van der Waals surface area contributed by atoms with Gasteiger partial charge in [-0.25, -0.2) is 4.98 Å². The molecule has 0 atom stereocenters. The average Bonchev–Trinajstić information content (AvgIpc) is 2.88. The van der Waals surface area contributed by atoms with E-state index in [1.54, 1.807) is 17.7 Å². The quantitative estimate of drug-likeness (QED) is 0.272. The number of fused-ring (bicyclic) bond motifs is 1. The molecule has 34 heavy (non-hydrogen) atoms. The number of aromatic nitrogens is 2. The van der Waals surface area contributed by atoms with Crippen molar-refractivity contribution in [3.63, 3.8) is 0 Å². The Hall–Kier alpha value is -3.58. The van der Waals surface area contributed by atoms with E-state index in [2.05, 4.69) is 17.4 Å². The molecule has 4 rings (SSSR count). The summed E-state index contributed by atoms with van der Waals surface area (Å²) in [6.07, 6.45) is 1.67. The maximum atomic E-state index is 13.2. The summed E-state index contributed by atoms with van der Waals surface area (Å²) in [6, 6.07) is 25.1. The first kappa shape index (κ1) is 23.6. The number of aryl methyl sites for hydroxylation is 1. The molecule has 0 fully saturated rings. The smallest absolute Gasteiger partial charge is 0.262 e. The van der Waals surface area contributed by atoms with Crippen LogP contribution < -0.4 is 15.6 Å². The summed E-state index contributed by atoms with van der Waals surface area (Å²) in [6.45, 7) is 0.949. The van der Waals surface area contributed by atoms with E-state index in [1.807, 2.05) is 60.7 Å². The molecule has 0 aliphatic rings. The second-order valence-corrected chi connectivity index (χ2v) is 8.82. The van der Waals surface area contributed by atoms with Crippen LogP contribution in [0, 0.1) is 0 Å². The van der Waals surface area contributed by atoms with Gasteiger partial charge in [-0.15, -0.1) is 0 Å². The third-order valence-corrected chi connectivity index (χ3v) is 6.45. The van der Waals surface area contributed by atoms with Crippen molar-refractivity contribution in [2.45, 2.75) is 31.1 Å². The minimum Gasteiger partial charge on any atom is -0.497 e. The fraction of sp³-hybridized carbons (Fsp3) is 0.222. The van der Waals surface area contributed by atoms with Gasteiger partial charge in [0.25, 0.3) is 5.56 Å². The van der Waals surface area contributed by atoms with Crippen LogP contribution >= 0.6 is 11.8 Å². The van der Waals surface area contributed by atoms with E-state index in [0.717, 1.165) is 24.2 Å². The van der Waals surface area contributed by atoms with Crippen LogP contribution in [0.5, 0.6) is 5.75 Å². The fourth-order valence-electron chi connectivity index (χ4n) is 3.71. The number of para-hydroxylation sites is 1. The topological polar surface area (TPSA) is 73.2 Å². The lowest BCUT2D eigenvalue weighted by Gasteiger charge is -2.13. The van der Waals surface area contributed by atoms with Crippen LogP contribution in [0.25, 0.3) is 10.9 Å². The number of hydrogen-bond donors (Lipinski definition) is 1. The number of carbonyl (C=O) groups is 1. The number of benzene rings is 3. The van der Waals surface area contributed by atoms with Crippen molar-refractivity contribution in [3.05, 3.63) is 100 Å². The Bertz CT molecular complexity index is 1320. The monoisotopic (exact) mass is 473 g/mol. The van der Waals surface area contributed by atoms with Gasteiger partial charge in [0.15, 0.2) is 5.16 Å². The van der Waals surface area contributed by atoms with E-state index in [0.29, 0.717) is 29.1 Å². The molecule has 174 valence electrons. The number of ether oxygens (including phenoxy) is 1. The Morgan fingerprint density at radius 3 is 2.59 bits per heavy atom. The maximum Gasteiger partial charge on any atom is 0.262 e. The maximum absolute atomic E-state index is 13.2. The number of nitrogens with one attached hydrogen (secondary N) is 1. The van der Waals surface area contributed by atoms with Crippen LogP contribution in [-0.4, -0.2) is 28.3 Å². The number of rotatable bonds is 10. The van der Waals surface area contributed by atoms with Crippen LogP contribution in [0.1, 0.15) is 17.5 Å². The lowest BCUT2D eigenvalue weighted by atomic mass is 10.1. The van der Waals surface area contributed by atoms with Crippen molar-refractivity contribution < 1.29 is 9.53 Å². The first-order valence-electron chi connectivity index (χ1n) is 11.2. The summed E-state index contributed by atoms with van der Waals surface area (Å²) in [5.41, 5.74) is 2.76. The first-order chi connectivity index (χ1) is 16.6. The van der Waals surface area contributed by atoms with Gasteiger partial charge in [-0.05, 0) is 48.2 Å². The van der Waals surface area contributed by atoms with Gasteiger partial charge in [-0.1, -0.05) is 66.4 Å². The molecule has 7 heteroatoms. The SMILES string of the molecule is COc1cccc(CNC(=O)CSc2nc3ccccc3c(=O)n2CCCc2ccccc2)c1. The van der Waals surface area contributed by atoms with Gasteiger partial charge in [0.2, 0.25) is 5.91 Å². The van der Waals surface area contributed by atoms with Gasteiger partial charge < -0.3 is 10.1 Å². The number of carbonyl (C=O) groups excluding carboxylic acids is 1. The third kappa shape index (κ3) is 6.05. The first-order valence-corrected chi connectivity index (χ1v) is 12.2. The van der Waals surface area contributed by atoms with E-state index in [1.165, 1.54) is 17.3 Å². The summed E-state index contributed by atoms with van der Waals surface area (Å²) in [5.74, 6) is 0.806. The summed E-state index contributed by atoms with van der Waals surface area (Å²) < 4.78 is 6.93. The molecule has 1 heterocycles. The normalized spacial score (nSPS) is 10.9. The summed E-state index contributed by atoms with van der Waals surface area (Å²) >= 11 is 1.29. The summed E-state index contributed by atoms with van der Waals surface area (Å²) in [4.78, 5) is 30.4. The van der Waals surface area contributed by atoms with E-state index >= 15 is 0 Å². The van der Waals surface area contributed by atoms with Gasteiger partial charge in [0.05, 0.1) is 23.8 Å². The Labute approximate surface area is 203 Å². The Morgan fingerprint density at radius 2 is 1.76 bits per heavy atom. The van der Waals surface area contributed by atoms with Crippen molar-refractivity contribution in [2.24, 2.45) is 0 Å². The second-order valence-electron chi connectivity index (χ2n) is 7.87. The fourth-order valence-corrected chi connectivity index (χ4v) is 4.56. The molecule has 1 aromatic heterocycles. The Balaban J connectivity index is 1.44. The van der Waals surface area contributed by atoms with Crippen LogP contribution in [0.15, 0.2) is 88.8 Å². The number of hydrogen-bond acceptors (Lipinski definition) is 5. The molecular weight excluding hydrogens is 446 g/mol. The lowest BCUT2D eigenvalue weighted by Crippen LogP contribution is -2.27. The van der Waals surface area contributed by atoms with Crippen LogP contribution in [0.2, 0.25) is 0 Å². The number of thioether (sulfide) groups is 1. The predicted octanol–water partition coefficient (Wildman–Crippen LogP) is 4.45. The average molecular weight is 474 g/mol. The van der Waals surface area contributed by atoms with Gasteiger partial charge >= 0.3 is 0 Å². The standard InChI is InChI=1S/C27H27N3O3S/c1-33-22-13-7-11-21(17-22)18-28-25(31)19-34-27-29-24-15-6-5-14-23(24)26(32)30(27)16-8-12-20-9-3-2-4-10-20/h2-7,9-11,13-15,17H,8,12,16,18-19H2,1H3,(H,28,31). The van der Waals surface area contributed by atoms with Crippen molar-refractivity contribution in [1.82, 2.24) is 14.9 Å². The van der Waals surface area contributed by atoms with Crippen molar-refractivity contribution in [1.29, 1.82) is 0 Å². The molecule has 0 saturated carbocycles. The van der Waals surface area contributed by atoms with Crippen LogP contribution in [0.4, 0.5) is 0 Å². The van der Waals surface area contributed by atoms with E-state index < -0.39 is 0 Å². The zero-order valence-electron chi connectivity index (χ0n) is 19.1. The zero-order chi connectivity index (χ0) is 23.8. The Morgan fingerprint density at radius 1 is 1.00 bits per heavy atom. The molecule has 1 N–H and O–H groups in total. The van der Waals surface area contributed by atoms with Crippen LogP contribution in [0.3, 0.4) is 0 Å². The van der Waals surface area contributed by atoms with Crippen molar-refractivity contribution in [3.8, 4) is 5.75 Å². The van der Waals surface area contributed by atoms with Gasteiger partial charge in [0, 0.05) is 13.1 Å². The highest BCUT2D eigenvalue weighted by Gasteiger charge is 2.13. The van der Waals surface area contributed by atoms with Gasteiger partial charge in [0.1, 0.15) is 5.75 Å². The largest absolute Gasteiger partial charge is 0.497 e. The van der Waals surface area contributed by atoms with Crippen LogP contribution in [-0.2, 0) is 24.3 Å². The van der Waals surface area contributed by atoms with Crippen molar-refractivity contribution in [2.75, 3.05) is 12.9 Å². The summed E-state index contributed by atoms with van der Waals surface area (Å²) in [5, 5.41) is 4.08. The molecule has 0 aliphatic heterocycles. The predicted molar refractivity (Wildman–Crippen MR) is 136 cm³/mol. The van der Waals surface area contributed by atoms with E-state index in [4.69, 9.17) is 9.72 Å². The zero-order valence-corrected chi connectivity index (χ0v) is 19.9. The minimum atomic E-state index is -0.119. The van der Waals surface area contributed by atoms with Gasteiger partial charge in [-0.2, -0.15) is 0 Å². The molecule has 3 aromatic carbocycles. The summed E-state index contributed by atoms with van der Waals surface area (Å²) in [7, 11) is 1.62. The molecule has 0 radical (unpaired) electrons. The van der Waals surface area contributed by atoms with Crippen molar-refractivity contribution >= 4 is 28.6 Å². The second kappa shape index (κ2) is 11.5. The highest BCUT2D eigenvalue weighted by Crippen LogP contribution is 2.19. The molecule has 1 amide bonds. The highest BCUT2D eigenvalue weighted by molar-refractivity contribution is 7.99. The lowest BCUT2D eigenvalue weighted by molar-refractivity contribution is -0.118. The number of methoxy groups -OCH3 is 1. The molecule has 6 nitrogen and oxygen atoms in total. The molecule has 0 unspecified atom stereocenters. The molecule has 0 aliphatic carbocycles.